The Balaban J connectivity index is 1.80. The van der Waals surface area contributed by atoms with E-state index in [0.717, 1.165) is 46.8 Å². The van der Waals surface area contributed by atoms with Gasteiger partial charge in [-0.15, -0.1) is 5.54 Å². The van der Waals surface area contributed by atoms with E-state index in [1.165, 1.54) is 12.0 Å². The molecule has 2 heterocycles. The molecule has 4 nitrogen and oxygen atoms in total. The third-order valence-corrected chi connectivity index (χ3v) is 15.0. The minimum Gasteiger partial charge on any atom is -0.373 e. The summed E-state index contributed by atoms with van der Waals surface area (Å²) < 4.78 is 8.95. The fourth-order valence-corrected chi connectivity index (χ4v) is 12.4. The number of aryl methyl sites for hydroxylation is 1. The Bertz CT molecular complexity index is 1040. The lowest BCUT2D eigenvalue weighted by molar-refractivity contribution is -0.0366. The number of aromatic nitrogens is 2. The van der Waals surface area contributed by atoms with E-state index in [1.807, 2.05) is 10.9 Å². The Kier molecular flexibility index (Phi) is 6.68. The molecule has 2 atom stereocenters. The number of rotatable bonds is 4. The van der Waals surface area contributed by atoms with Crippen molar-refractivity contribution in [1.82, 2.24) is 9.78 Å². The van der Waals surface area contributed by atoms with Gasteiger partial charge in [0.05, 0.1) is 11.7 Å². The summed E-state index contributed by atoms with van der Waals surface area (Å²) in [5.74, 6) is 3.46. The van der Waals surface area contributed by atoms with Crippen LogP contribution in [-0.2, 0) is 16.8 Å². The second kappa shape index (κ2) is 8.90. The van der Waals surface area contributed by atoms with Crippen molar-refractivity contribution in [2.45, 2.75) is 102 Å². The molecule has 1 aromatic carbocycles. The Morgan fingerprint density at radius 3 is 2.47 bits per heavy atom. The molecule has 2 aromatic rings. The number of fused-ring (bicyclic) bond motifs is 2. The molecular weight excluding hydrogens is 480 g/mol. The molecule has 0 saturated carbocycles. The van der Waals surface area contributed by atoms with Gasteiger partial charge in [-0.3, -0.25) is 0 Å². The minimum atomic E-state index is -1.92. The van der Waals surface area contributed by atoms with Gasteiger partial charge in [0, 0.05) is 22.0 Å². The number of halogens is 1. The molecule has 1 fully saturated rings. The van der Waals surface area contributed by atoms with Crippen molar-refractivity contribution >= 4 is 34.9 Å². The molecule has 174 valence electrons. The molecular formula is C26H37BrN2O2Si. The van der Waals surface area contributed by atoms with Crippen LogP contribution in [0.25, 0.3) is 10.9 Å². The summed E-state index contributed by atoms with van der Waals surface area (Å²) in [4.78, 5) is 0. The summed E-state index contributed by atoms with van der Waals surface area (Å²) in [5, 5.41) is 17.5. The predicted octanol–water partition coefficient (Wildman–Crippen LogP) is 6.85. The third kappa shape index (κ3) is 3.79. The lowest BCUT2D eigenvalue weighted by atomic mass is 9.96. The van der Waals surface area contributed by atoms with Crippen molar-refractivity contribution < 1.29 is 9.84 Å². The first-order valence-corrected chi connectivity index (χ1v) is 15.2. The minimum absolute atomic E-state index is 0.000945. The van der Waals surface area contributed by atoms with Crippen LogP contribution in [0.15, 0.2) is 16.7 Å². The van der Waals surface area contributed by atoms with Crippen molar-refractivity contribution in [3.8, 4) is 11.5 Å². The number of hydrogen-bond acceptors (Lipinski definition) is 3. The van der Waals surface area contributed by atoms with Gasteiger partial charge in [0.15, 0.2) is 11.8 Å². The number of benzene rings is 1. The van der Waals surface area contributed by atoms with E-state index in [2.05, 4.69) is 80.1 Å². The quantitative estimate of drug-likeness (QED) is 0.356. The van der Waals surface area contributed by atoms with Crippen molar-refractivity contribution in [3.05, 3.63) is 27.9 Å². The van der Waals surface area contributed by atoms with Crippen LogP contribution < -0.4 is 0 Å². The fraction of sp³-hybridized carbons (Fsp3) is 0.654. The normalized spacial score (nSPS) is 23.8. The van der Waals surface area contributed by atoms with Gasteiger partial charge in [0.2, 0.25) is 0 Å². The smallest absolute Gasteiger partial charge is 0.152 e. The molecule has 1 aromatic heterocycles. The topological polar surface area (TPSA) is 47.3 Å². The Morgan fingerprint density at radius 1 is 1.19 bits per heavy atom. The maximum Gasteiger partial charge on any atom is 0.152 e. The Hall–Kier alpha value is -1.13. The van der Waals surface area contributed by atoms with E-state index in [9.17, 15) is 5.11 Å². The highest BCUT2D eigenvalue weighted by Gasteiger charge is 2.44. The highest BCUT2D eigenvalue weighted by Crippen LogP contribution is 2.46. The zero-order valence-corrected chi connectivity index (χ0v) is 22.9. The van der Waals surface area contributed by atoms with Crippen LogP contribution in [0, 0.1) is 11.5 Å². The van der Waals surface area contributed by atoms with Crippen molar-refractivity contribution in [2.24, 2.45) is 0 Å². The lowest BCUT2D eigenvalue weighted by Crippen LogP contribution is -2.43. The van der Waals surface area contributed by atoms with Crippen LogP contribution in [0.2, 0.25) is 16.6 Å². The first-order valence-electron chi connectivity index (χ1n) is 12.2. The van der Waals surface area contributed by atoms with Crippen molar-refractivity contribution in [1.29, 1.82) is 0 Å². The first kappa shape index (κ1) is 24.0. The standard InChI is InChI=1S/C26H37BrN2O2Si/c1-17(2)32(18(3)4,19(5)6)14-12-26(30)11-10-20-15-22-21(25(27)24(20)26)16-28-29(22)23-9-7-8-13-31-23/h15-19,23,30H,7-11,13H2,1-6H3. The highest BCUT2D eigenvalue weighted by atomic mass is 79.9. The van der Waals surface area contributed by atoms with Gasteiger partial charge in [0.25, 0.3) is 0 Å². The molecule has 1 aliphatic heterocycles. The van der Waals surface area contributed by atoms with Crippen molar-refractivity contribution in [3.63, 3.8) is 0 Å². The van der Waals surface area contributed by atoms with E-state index in [4.69, 9.17) is 4.74 Å². The van der Waals surface area contributed by atoms with Gasteiger partial charge in [0.1, 0.15) is 8.07 Å². The number of nitrogens with zero attached hydrogens (tertiary/aromatic N) is 2. The summed E-state index contributed by atoms with van der Waals surface area (Å²) in [6.45, 7) is 14.7. The van der Waals surface area contributed by atoms with Crippen LogP contribution >= 0.6 is 15.9 Å². The fourth-order valence-electron chi connectivity index (χ4n) is 6.20. The molecule has 0 bridgehead atoms. The van der Waals surface area contributed by atoms with Gasteiger partial charge in [-0.2, -0.15) is 5.10 Å². The van der Waals surface area contributed by atoms with Gasteiger partial charge in [-0.05, 0) is 76.3 Å². The molecule has 1 aliphatic carbocycles. The summed E-state index contributed by atoms with van der Waals surface area (Å²) in [6.07, 6.45) is 6.65. The maximum absolute atomic E-state index is 11.8. The third-order valence-electron chi connectivity index (χ3n) is 7.87. The van der Waals surface area contributed by atoms with E-state index >= 15 is 0 Å². The van der Waals surface area contributed by atoms with Crippen LogP contribution in [-0.4, -0.2) is 29.6 Å². The van der Waals surface area contributed by atoms with Crippen molar-refractivity contribution in [2.75, 3.05) is 6.61 Å². The molecule has 0 amide bonds. The summed E-state index contributed by atoms with van der Waals surface area (Å²) in [5.41, 5.74) is 7.47. The van der Waals surface area contributed by atoms with E-state index in [0.29, 0.717) is 23.0 Å². The van der Waals surface area contributed by atoms with Crippen LogP contribution in [0.5, 0.6) is 0 Å². The van der Waals surface area contributed by atoms with E-state index < -0.39 is 13.7 Å². The van der Waals surface area contributed by atoms with Crippen LogP contribution in [0.4, 0.5) is 0 Å². The van der Waals surface area contributed by atoms with Gasteiger partial charge >= 0.3 is 0 Å². The summed E-state index contributed by atoms with van der Waals surface area (Å²) >= 11 is 3.84. The number of ether oxygens (including phenoxy) is 1. The summed E-state index contributed by atoms with van der Waals surface area (Å²) in [6, 6.07) is 2.21. The lowest BCUT2D eigenvalue weighted by Gasteiger charge is -2.38. The first-order chi connectivity index (χ1) is 15.1. The number of hydrogen-bond donors (Lipinski definition) is 1. The molecule has 1 saturated heterocycles. The van der Waals surface area contributed by atoms with Gasteiger partial charge in [-0.25, -0.2) is 4.68 Å². The molecule has 0 radical (unpaired) electrons. The van der Waals surface area contributed by atoms with E-state index in [-0.39, 0.29) is 6.23 Å². The van der Waals surface area contributed by atoms with Gasteiger partial charge in [-0.1, -0.05) is 47.5 Å². The monoisotopic (exact) mass is 516 g/mol. The SMILES string of the molecule is CC(C)[Si](C#CC1(O)CCc2cc3c(cnn3C3CCCCO3)c(Br)c21)(C(C)C)C(C)C. The van der Waals surface area contributed by atoms with Gasteiger partial charge < -0.3 is 9.84 Å². The molecule has 4 rings (SSSR count). The molecule has 0 spiro atoms. The van der Waals surface area contributed by atoms with E-state index in [1.54, 1.807) is 0 Å². The molecule has 2 aliphatic rings. The molecule has 1 N–H and O–H groups in total. The van der Waals surface area contributed by atoms with Crippen LogP contribution in [0.1, 0.15) is 84.6 Å². The average Bonchev–Trinajstić information content (AvgIpc) is 3.31. The second-order valence-electron chi connectivity index (χ2n) is 10.6. The largest absolute Gasteiger partial charge is 0.373 e. The Labute approximate surface area is 202 Å². The number of aliphatic hydroxyl groups is 1. The van der Waals surface area contributed by atoms with Crippen LogP contribution in [0.3, 0.4) is 0 Å². The Morgan fingerprint density at radius 2 is 1.88 bits per heavy atom. The zero-order valence-electron chi connectivity index (χ0n) is 20.3. The average molecular weight is 518 g/mol. The second-order valence-corrected chi connectivity index (χ2v) is 16.9. The molecule has 2 unspecified atom stereocenters. The highest BCUT2D eigenvalue weighted by molar-refractivity contribution is 9.10. The molecule has 6 heteroatoms. The molecule has 32 heavy (non-hydrogen) atoms. The zero-order chi connectivity index (χ0) is 23.3. The maximum atomic E-state index is 11.8. The predicted molar refractivity (Wildman–Crippen MR) is 137 cm³/mol. The summed E-state index contributed by atoms with van der Waals surface area (Å²) in [7, 11) is -1.92.